The van der Waals surface area contributed by atoms with Crippen LogP contribution in [0.1, 0.15) is 13.3 Å². The van der Waals surface area contributed by atoms with E-state index in [1.54, 1.807) is 0 Å². The summed E-state index contributed by atoms with van der Waals surface area (Å²) in [5.41, 5.74) is 1.24. The van der Waals surface area contributed by atoms with E-state index in [1.807, 2.05) is 18.5 Å². The quantitative estimate of drug-likeness (QED) is 0.659. The van der Waals surface area contributed by atoms with Crippen LogP contribution in [0.2, 0.25) is 0 Å². The lowest BCUT2D eigenvalue weighted by molar-refractivity contribution is 0.703. The number of rotatable bonds is 2. The molecule has 2 nitrogen and oxygen atoms in total. The van der Waals surface area contributed by atoms with Crippen molar-refractivity contribution in [2.75, 3.05) is 0 Å². The Morgan fingerprint density at radius 1 is 1.42 bits per heavy atom. The molecule has 0 aliphatic rings. The topological polar surface area (TPSA) is 17.8 Å². The van der Waals surface area contributed by atoms with Crippen molar-refractivity contribution in [1.82, 2.24) is 9.55 Å². The molecule has 2 rings (SSSR count). The normalized spacial score (nSPS) is 10.8. The third kappa shape index (κ3) is 1.09. The van der Waals surface area contributed by atoms with Crippen molar-refractivity contribution in [3.63, 3.8) is 0 Å². The molecule has 0 amide bonds. The zero-order chi connectivity index (χ0) is 8.39. The fourth-order valence-electron chi connectivity index (χ4n) is 1.46. The van der Waals surface area contributed by atoms with Crippen molar-refractivity contribution in [3.05, 3.63) is 30.7 Å². The fraction of sp³-hybridized carbons (Fsp3) is 0.300. The van der Waals surface area contributed by atoms with Crippen LogP contribution < -0.4 is 0 Å². The van der Waals surface area contributed by atoms with Gasteiger partial charge in [0.05, 0.1) is 11.7 Å². The Morgan fingerprint density at radius 2 is 2.33 bits per heavy atom. The predicted octanol–water partition coefficient (Wildman–Crippen LogP) is 2.45. The van der Waals surface area contributed by atoms with E-state index < -0.39 is 0 Å². The second kappa shape index (κ2) is 2.97. The summed E-state index contributed by atoms with van der Waals surface area (Å²) in [5, 5.41) is 1.28. The lowest BCUT2D eigenvalue weighted by Gasteiger charge is -2.00. The van der Waals surface area contributed by atoms with Crippen LogP contribution in [-0.2, 0) is 6.54 Å². The SMILES string of the molecule is CCCn1ccc2ccncc21. The number of nitrogens with zero attached hydrogens (tertiary/aromatic N) is 2. The van der Waals surface area contributed by atoms with Gasteiger partial charge >= 0.3 is 0 Å². The van der Waals surface area contributed by atoms with Gasteiger partial charge in [-0.2, -0.15) is 0 Å². The zero-order valence-corrected chi connectivity index (χ0v) is 7.20. The Hall–Kier alpha value is -1.31. The van der Waals surface area contributed by atoms with Crippen LogP contribution >= 0.6 is 0 Å². The highest BCUT2D eigenvalue weighted by molar-refractivity contribution is 5.78. The minimum absolute atomic E-state index is 1.08. The monoisotopic (exact) mass is 160 g/mol. The van der Waals surface area contributed by atoms with Gasteiger partial charge in [-0.25, -0.2) is 0 Å². The van der Waals surface area contributed by atoms with Crippen LogP contribution in [0.5, 0.6) is 0 Å². The summed E-state index contributed by atoms with van der Waals surface area (Å²) in [6.45, 7) is 3.26. The van der Waals surface area contributed by atoms with Crippen LogP contribution in [0.25, 0.3) is 10.9 Å². The number of aryl methyl sites for hydroxylation is 1. The number of fused-ring (bicyclic) bond motifs is 1. The summed E-state index contributed by atoms with van der Waals surface area (Å²) in [7, 11) is 0. The molecular formula is C10H12N2. The average Bonchev–Trinajstić information content (AvgIpc) is 2.50. The van der Waals surface area contributed by atoms with Gasteiger partial charge in [0.15, 0.2) is 0 Å². The Morgan fingerprint density at radius 3 is 3.17 bits per heavy atom. The molecular weight excluding hydrogens is 148 g/mol. The maximum Gasteiger partial charge on any atom is 0.0666 e. The molecule has 62 valence electrons. The van der Waals surface area contributed by atoms with Crippen LogP contribution in [0, 0.1) is 0 Å². The van der Waals surface area contributed by atoms with Gasteiger partial charge in [-0.1, -0.05) is 6.92 Å². The molecule has 0 saturated carbocycles. The lowest BCUT2D eigenvalue weighted by atomic mass is 10.3. The highest BCUT2D eigenvalue weighted by atomic mass is 15.0. The molecule has 2 aromatic rings. The molecule has 0 aromatic carbocycles. The van der Waals surface area contributed by atoms with E-state index >= 15 is 0 Å². The molecule has 0 bridgehead atoms. The number of hydrogen-bond donors (Lipinski definition) is 0. The summed E-state index contributed by atoms with van der Waals surface area (Å²) in [5.74, 6) is 0. The second-order valence-corrected chi connectivity index (χ2v) is 2.94. The molecule has 2 heteroatoms. The van der Waals surface area contributed by atoms with E-state index in [0.717, 1.165) is 6.54 Å². The predicted molar refractivity (Wildman–Crippen MR) is 50.0 cm³/mol. The third-order valence-corrected chi connectivity index (χ3v) is 2.04. The van der Waals surface area contributed by atoms with Gasteiger partial charge in [0.2, 0.25) is 0 Å². The molecule has 12 heavy (non-hydrogen) atoms. The summed E-state index contributed by atoms with van der Waals surface area (Å²) in [6.07, 6.45) is 7.04. The van der Waals surface area contributed by atoms with Crippen molar-refractivity contribution in [2.24, 2.45) is 0 Å². The molecule has 0 fully saturated rings. The number of pyridine rings is 1. The standard InChI is InChI=1S/C10H12N2/c1-2-6-12-7-4-9-3-5-11-8-10(9)12/h3-5,7-8H,2,6H2,1H3. The number of aromatic nitrogens is 2. The summed E-state index contributed by atoms with van der Waals surface area (Å²) < 4.78 is 2.24. The summed E-state index contributed by atoms with van der Waals surface area (Å²) >= 11 is 0. The zero-order valence-electron chi connectivity index (χ0n) is 7.20. The molecule has 0 aliphatic carbocycles. The van der Waals surface area contributed by atoms with E-state index in [0.29, 0.717) is 0 Å². The molecule has 2 heterocycles. The number of hydrogen-bond acceptors (Lipinski definition) is 1. The van der Waals surface area contributed by atoms with Gasteiger partial charge in [-0.3, -0.25) is 4.98 Å². The molecule has 2 aromatic heterocycles. The summed E-state index contributed by atoms with van der Waals surface area (Å²) in [6, 6.07) is 4.17. The molecule has 0 aliphatic heterocycles. The van der Waals surface area contributed by atoms with Gasteiger partial charge in [0.1, 0.15) is 0 Å². The van der Waals surface area contributed by atoms with Gasteiger partial charge in [0.25, 0.3) is 0 Å². The summed E-state index contributed by atoms with van der Waals surface area (Å²) in [4.78, 5) is 4.11. The Balaban J connectivity index is 2.55. The molecule has 0 atom stereocenters. The van der Waals surface area contributed by atoms with Crippen molar-refractivity contribution < 1.29 is 0 Å². The Bertz CT molecular complexity index is 376. The highest BCUT2D eigenvalue weighted by Gasteiger charge is 1.97. The Kier molecular flexibility index (Phi) is 1.82. The van der Waals surface area contributed by atoms with Crippen molar-refractivity contribution in [1.29, 1.82) is 0 Å². The minimum atomic E-state index is 1.08. The maximum atomic E-state index is 4.11. The molecule has 0 spiro atoms. The largest absolute Gasteiger partial charge is 0.346 e. The first-order valence-electron chi connectivity index (χ1n) is 4.30. The molecule has 0 radical (unpaired) electrons. The average molecular weight is 160 g/mol. The van der Waals surface area contributed by atoms with Crippen LogP contribution in [0.15, 0.2) is 30.7 Å². The second-order valence-electron chi connectivity index (χ2n) is 2.94. The van der Waals surface area contributed by atoms with E-state index in [1.165, 1.54) is 17.3 Å². The van der Waals surface area contributed by atoms with E-state index in [2.05, 4.69) is 28.7 Å². The highest BCUT2D eigenvalue weighted by Crippen LogP contribution is 2.13. The van der Waals surface area contributed by atoms with Gasteiger partial charge in [-0.05, 0) is 18.6 Å². The van der Waals surface area contributed by atoms with Crippen molar-refractivity contribution >= 4 is 10.9 Å². The first-order valence-corrected chi connectivity index (χ1v) is 4.30. The molecule has 0 unspecified atom stereocenters. The first-order chi connectivity index (χ1) is 5.92. The van der Waals surface area contributed by atoms with Crippen molar-refractivity contribution in [2.45, 2.75) is 19.9 Å². The van der Waals surface area contributed by atoms with Gasteiger partial charge < -0.3 is 4.57 Å². The smallest absolute Gasteiger partial charge is 0.0666 e. The van der Waals surface area contributed by atoms with E-state index in [-0.39, 0.29) is 0 Å². The van der Waals surface area contributed by atoms with Crippen LogP contribution in [0.3, 0.4) is 0 Å². The minimum Gasteiger partial charge on any atom is -0.346 e. The fourth-order valence-corrected chi connectivity index (χ4v) is 1.46. The van der Waals surface area contributed by atoms with E-state index in [9.17, 15) is 0 Å². The van der Waals surface area contributed by atoms with Crippen LogP contribution in [0.4, 0.5) is 0 Å². The van der Waals surface area contributed by atoms with Gasteiger partial charge in [0, 0.05) is 24.3 Å². The van der Waals surface area contributed by atoms with E-state index in [4.69, 9.17) is 0 Å². The molecule has 0 saturated heterocycles. The van der Waals surface area contributed by atoms with Crippen molar-refractivity contribution in [3.8, 4) is 0 Å². The lowest BCUT2D eigenvalue weighted by Crippen LogP contribution is -1.93. The maximum absolute atomic E-state index is 4.11. The molecule has 0 N–H and O–H groups in total. The Labute approximate surface area is 71.8 Å². The van der Waals surface area contributed by atoms with Crippen LogP contribution in [-0.4, -0.2) is 9.55 Å². The first kappa shape index (κ1) is 7.35. The third-order valence-electron chi connectivity index (χ3n) is 2.04. The van der Waals surface area contributed by atoms with Gasteiger partial charge in [-0.15, -0.1) is 0 Å².